The third kappa shape index (κ3) is 1.09. The molecule has 1 aliphatic rings. The summed E-state index contributed by atoms with van der Waals surface area (Å²) >= 11 is 4.96. The number of aromatic nitrogens is 4. The zero-order valence-electron chi connectivity index (χ0n) is 6.32. The molecular formula is C6H10N4S. The van der Waals surface area contributed by atoms with E-state index >= 15 is 0 Å². The van der Waals surface area contributed by atoms with E-state index in [1.807, 2.05) is 4.68 Å². The van der Waals surface area contributed by atoms with Gasteiger partial charge >= 0.3 is 0 Å². The van der Waals surface area contributed by atoms with E-state index in [2.05, 4.69) is 22.4 Å². The maximum Gasteiger partial charge on any atom is 0.238 e. The van der Waals surface area contributed by atoms with Crippen LogP contribution in [-0.4, -0.2) is 20.2 Å². The second kappa shape index (κ2) is 2.41. The average molecular weight is 170 g/mol. The largest absolute Gasteiger partial charge is 0.239 e. The molecule has 1 aromatic heterocycles. The van der Waals surface area contributed by atoms with Crippen molar-refractivity contribution in [3.05, 3.63) is 4.77 Å². The van der Waals surface area contributed by atoms with Gasteiger partial charge in [-0.3, -0.25) is 0 Å². The summed E-state index contributed by atoms with van der Waals surface area (Å²) in [5.74, 6) is 0.781. The molecule has 2 rings (SSSR count). The van der Waals surface area contributed by atoms with Crippen LogP contribution in [-0.2, 0) is 0 Å². The highest BCUT2D eigenvalue weighted by molar-refractivity contribution is 7.71. The lowest BCUT2D eigenvalue weighted by Crippen LogP contribution is -1.98. The number of tetrazole rings is 1. The highest BCUT2D eigenvalue weighted by Crippen LogP contribution is 2.44. The number of H-pyrrole nitrogens is 1. The molecule has 2 atom stereocenters. The lowest BCUT2D eigenvalue weighted by Gasteiger charge is -1.95. The second-order valence-electron chi connectivity index (χ2n) is 2.92. The number of rotatable bonds is 2. The topological polar surface area (TPSA) is 46.5 Å². The smallest absolute Gasteiger partial charge is 0.238 e. The quantitative estimate of drug-likeness (QED) is 0.681. The van der Waals surface area contributed by atoms with Gasteiger partial charge in [0, 0.05) is 0 Å². The molecule has 5 heteroatoms. The third-order valence-electron chi connectivity index (χ3n) is 2.24. The van der Waals surface area contributed by atoms with Crippen LogP contribution in [0.1, 0.15) is 25.8 Å². The van der Waals surface area contributed by atoms with E-state index in [9.17, 15) is 0 Å². The zero-order chi connectivity index (χ0) is 7.84. The Hall–Kier alpha value is -0.710. The fraction of sp³-hybridized carbons (Fsp3) is 0.833. The summed E-state index contributed by atoms with van der Waals surface area (Å²) in [6.07, 6.45) is 2.43. The van der Waals surface area contributed by atoms with Gasteiger partial charge in [0.25, 0.3) is 0 Å². The predicted octanol–water partition coefficient (Wildman–Crippen LogP) is 1.31. The summed E-state index contributed by atoms with van der Waals surface area (Å²) in [6, 6.07) is 0.544. The van der Waals surface area contributed by atoms with Crippen molar-refractivity contribution in [3.63, 3.8) is 0 Å². The van der Waals surface area contributed by atoms with Crippen molar-refractivity contribution in [1.82, 2.24) is 20.2 Å². The minimum atomic E-state index is 0.544. The summed E-state index contributed by atoms with van der Waals surface area (Å²) < 4.78 is 2.45. The van der Waals surface area contributed by atoms with Crippen molar-refractivity contribution in [1.29, 1.82) is 0 Å². The van der Waals surface area contributed by atoms with Crippen molar-refractivity contribution in [2.45, 2.75) is 25.8 Å². The van der Waals surface area contributed by atoms with Gasteiger partial charge in [-0.05, 0) is 24.6 Å². The van der Waals surface area contributed by atoms with Crippen molar-refractivity contribution in [2.24, 2.45) is 5.92 Å². The van der Waals surface area contributed by atoms with Crippen LogP contribution < -0.4 is 0 Å². The molecule has 1 aliphatic carbocycles. The maximum atomic E-state index is 4.96. The Bertz CT molecular complexity index is 302. The first kappa shape index (κ1) is 6.97. The molecule has 0 aliphatic heterocycles. The highest BCUT2D eigenvalue weighted by Gasteiger charge is 2.38. The van der Waals surface area contributed by atoms with Gasteiger partial charge < -0.3 is 0 Å². The number of nitrogens with one attached hydrogen (secondary N) is 1. The average Bonchev–Trinajstić information content (AvgIpc) is 2.68. The summed E-state index contributed by atoms with van der Waals surface area (Å²) in [4.78, 5) is 0. The van der Waals surface area contributed by atoms with E-state index in [-0.39, 0.29) is 0 Å². The Balaban J connectivity index is 2.20. The Labute approximate surface area is 69.6 Å². The molecular weight excluding hydrogens is 160 g/mol. The fourth-order valence-corrected chi connectivity index (χ4v) is 1.62. The predicted molar refractivity (Wildman–Crippen MR) is 42.6 cm³/mol. The van der Waals surface area contributed by atoms with Crippen LogP contribution in [0.3, 0.4) is 0 Å². The van der Waals surface area contributed by atoms with E-state index in [1.54, 1.807) is 0 Å². The molecule has 1 aromatic rings. The molecule has 0 aromatic carbocycles. The molecule has 2 unspecified atom stereocenters. The van der Waals surface area contributed by atoms with E-state index < -0.39 is 0 Å². The van der Waals surface area contributed by atoms with Crippen LogP contribution in [0, 0.1) is 10.7 Å². The van der Waals surface area contributed by atoms with Crippen LogP contribution in [0.25, 0.3) is 0 Å². The first-order chi connectivity index (χ1) is 5.33. The molecule has 0 bridgehead atoms. The summed E-state index contributed by atoms with van der Waals surface area (Å²) in [7, 11) is 0. The van der Waals surface area contributed by atoms with E-state index in [0.29, 0.717) is 10.8 Å². The SMILES string of the molecule is CCC1CC1n1[nH]nnc1=S. The van der Waals surface area contributed by atoms with E-state index in [1.165, 1.54) is 12.8 Å². The number of hydrogen-bond donors (Lipinski definition) is 1. The number of nitrogens with zero attached hydrogens (tertiary/aromatic N) is 3. The van der Waals surface area contributed by atoms with Crippen LogP contribution >= 0.6 is 12.2 Å². The van der Waals surface area contributed by atoms with Gasteiger partial charge in [0.2, 0.25) is 4.77 Å². The Morgan fingerprint density at radius 2 is 2.64 bits per heavy atom. The van der Waals surface area contributed by atoms with Gasteiger partial charge in [0.15, 0.2) is 0 Å². The Kier molecular flexibility index (Phi) is 1.52. The number of hydrogen-bond acceptors (Lipinski definition) is 3. The molecule has 0 amide bonds. The minimum Gasteiger partial charge on any atom is -0.239 e. The molecule has 4 nitrogen and oxygen atoms in total. The van der Waals surface area contributed by atoms with E-state index in [4.69, 9.17) is 12.2 Å². The molecule has 1 N–H and O–H groups in total. The van der Waals surface area contributed by atoms with Crippen LogP contribution in [0.5, 0.6) is 0 Å². The summed E-state index contributed by atoms with van der Waals surface area (Å²) in [5.41, 5.74) is 0. The van der Waals surface area contributed by atoms with Crippen LogP contribution in [0.4, 0.5) is 0 Å². The molecule has 0 saturated heterocycles. The molecule has 0 radical (unpaired) electrons. The summed E-state index contributed by atoms with van der Waals surface area (Å²) in [6.45, 7) is 2.19. The first-order valence-electron chi connectivity index (χ1n) is 3.82. The van der Waals surface area contributed by atoms with Crippen molar-refractivity contribution in [2.75, 3.05) is 0 Å². The molecule has 60 valence electrons. The fourth-order valence-electron chi connectivity index (χ4n) is 1.41. The standard InChI is InChI=1S/C6H10N4S/c1-2-4-3-5(4)10-6(11)7-8-9-10/h4-5H,2-3H2,1H3,(H,7,9,11). The molecule has 1 fully saturated rings. The maximum absolute atomic E-state index is 4.96. The van der Waals surface area contributed by atoms with Gasteiger partial charge in [-0.2, -0.15) is 5.21 Å². The van der Waals surface area contributed by atoms with Gasteiger partial charge in [-0.25, -0.2) is 4.68 Å². The summed E-state index contributed by atoms with van der Waals surface area (Å²) in [5, 5.41) is 10.1. The van der Waals surface area contributed by atoms with Gasteiger partial charge in [0.05, 0.1) is 6.04 Å². The Morgan fingerprint density at radius 3 is 3.09 bits per heavy atom. The van der Waals surface area contributed by atoms with Crippen molar-refractivity contribution in [3.8, 4) is 0 Å². The van der Waals surface area contributed by atoms with Crippen molar-refractivity contribution >= 4 is 12.2 Å². The third-order valence-corrected chi connectivity index (χ3v) is 2.51. The molecule has 0 spiro atoms. The Morgan fingerprint density at radius 1 is 1.82 bits per heavy atom. The first-order valence-corrected chi connectivity index (χ1v) is 4.23. The second-order valence-corrected chi connectivity index (χ2v) is 3.29. The normalized spacial score (nSPS) is 28.8. The zero-order valence-corrected chi connectivity index (χ0v) is 7.14. The van der Waals surface area contributed by atoms with Crippen LogP contribution in [0.2, 0.25) is 0 Å². The van der Waals surface area contributed by atoms with Crippen molar-refractivity contribution < 1.29 is 0 Å². The lowest BCUT2D eigenvalue weighted by molar-refractivity contribution is 0.554. The van der Waals surface area contributed by atoms with E-state index in [0.717, 1.165) is 5.92 Å². The highest BCUT2D eigenvalue weighted by atomic mass is 32.1. The lowest BCUT2D eigenvalue weighted by atomic mass is 10.3. The molecule has 1 heterocycles. The number of aromatic amines is 1. The van der Waals surface area contributed by atoms with Gasteiger partial charge in [-0.15, -0.1) is 0 Å². The molecule has 11 heavy (non-hydrogen) atoms. The molecule has 1 saturated carbocycles. The van der Waals surface area contributed by atoms with Gasteiger partial charge in [-0.1, -0.05) is 23.7 Å². The minimum absolute atomic E-state index is 0.544. The van der Waals surface area contributed by atoms with Crippen LogP contribution in [0.15, 0.2) is 0 Å². The van der Waals surface area contributed by atoms with Gasteiger partial charge in [0.1, 0.15) is 0 Å². The monoisotopic (exact) mass is 170 g/mol.